The zero-order valence-corrected chi connectivity index (χ0v) is 19.1. The summed E-state index contributed by atoms with van der Waals surface area (Å²) >= 11 is 1.32. The average molecular weight is 522 g/mol. The maximum absolute atomic E-state index is 13.1. The molecular formula is C24H16F6N4OS. The lowest BCUT2D eigenvalue weighted by molar-refractivity contribution is -0.143. The largest absolute Gasteiger partial charge is 0.416 e. The number of benzene rings is 2. The lowest BCUT2D eigenvalue weighted by Crippen LogP contribution is -2.16. The molecule has 0 spiro atoms. The highest BCUT2D eigenvalue weighted by molar-refractivity contribution is 7.14. The molecule has 12 heteroatoms. The number of nitrogens with zero attached hydrogens (tertiary/aromatic N) is 2. The van der Waals surface area contributed by atoms with Crippen LogP contribution in [0.15, 0.2) is 66.3 Å². The number of carbonyl (C=O) groups excluding carboxylic acids is 1. The molecule has 4 rings (SSSR count). The van der Waals surface area contributed by atoms with Crippen molar-refractivity contribution in [2.75, 3.05) is 10.6 Å². The Balaban J connectivity index is 1.57. The molecule has 4 aromatic rings. The van der Waals surface area contributed by atoms with E-state index in [-0.39, 0.29) is 11.6 Å². The first-order valence-electron chi connectivity index (χ1n) is 10.2. The second-order valence-electron chi connectivity index (χ2n) is 7.68. The third kappa shape index (κ3) is 5.82. The van der Waals surface area contributed by atoms with Gasteiger partial charge in [0.05, 0.1) is 16.8 Å². The Kier molecular flexibility index (Phi) is 6.72. The van der Waals surface area contributed by atoms with Crippen LogP contribution in [0.3, 0.4) is 0 Å². The highest BCUT2D eigenvalue weighted by atomic mass is 32.1. The van der Waals surface area contributed by atoms with Gasteiger partial charge in [-0.25, -0.2) is 4.98 Å². The molecule has 36 heavy (non-hydrogen) atoms. The number of thiazole rings is 1. The van der Waals surface area contributed by atoms with E-state index in [4.69, 9.17) is 0 Å². The van der Waals surface area contributed by atoms with Crippen molar-refractivity contribution in [1.82, 2.24) is 9.97 Å². The molecule has 0 radical (unpaired) electrons. The molecule has 0 bridgehead atoms. The summed E-state index contributed by atoms with van der Waals surface area (Å²) in [5.41, 5.74) is -0.830. The van der Waals surface area contributed by atoms with Crippen molar-refractivity contribution in [3.8, 4) is 11.3 Å². The summed E-state index contributed by atoms with van der Waals surface area (Å²) in [6.45, 7) is 1.77. The molecule has 0 saturated carbocycles. The smallest absolute Gasteiger partial charge is 0.331 e. The van der Waals surface area contributed by atoms with Gasteiger partial charge in [-0.1, -0.05) is 6.07 Å². The highest BCUT2D eigenvalue weighted by Gasteiger charge is 2.37. The van der Waals surface area contributed by atoms with Crippen molar-refractivity contribution in [3.63, 3.8) is 0 Å². The molecule has 0 aliphatic carbocycles. The van der Waals surface area contributed by atoms with Gasteiger partial charge < -0.3 is 10.6 Å². The highest BCUT2D eigenvalue weighted by Crippen LogP contribution is 2.37. The molecule has 1 amide bonds. The van der Waals surface area contributed by atoms with Gasteiger partial charge in [0, 0.05) is 40.3 Å². The molecular weight excluding hydrogens is 506 g/mol. The first-order chi connectivity index (χ1) is 16.9. The van der Waals surface area contributed by atoms with Crippen LogP contribution in [0.25, 0.3) is 11.3 Å². The summed E-state index contributed by atoms with van der Waals surface area (Å²) in [4.78, 5) is 21.2. The Morgan fingerprint density at radius 2 is 1.53 bits per heavy atom. The Bertz CT molecular complexity index is 1370. The summed E-state index contributed by atoms with van der Waals surface area (Å²) < 4.78 is 78.7. The second-order valence-corrected chi connectivity index (χ2v) is 8.54. The lowest BCUT2D eigenvalue weighted by atomic mass is 10.1. The number of carbonyl (C=O) groups is 1. The van der Waals surface area contributed by atoms with Crippen LogP contribution >= 0.6 is 11.3 Å². The summed E-state index contributed by atoms with van der Waals surface area (Å²) in [6, 6.07) is 8.96. The number of halogens is 6. The summed E-state index contributed by atoms with van der Waals surface area (Å²) in [7, 11) is 0. The summed E-state index contributed by atoms with van der Waals surface area (Å²) in [6.07, 6.45) is -6.78. The fourth-order valence-electron chi connectivity index (χ4n) is 3.23. The molecule has 186 valence electrons. The van der Waals surface area contributed by atoms with Crippen molar-refractivity contribution in [2.24, 2.45) is 0 Å². The van der Waals surface area contributed by atoms with E-state index in [1.54, 1.807) is 37.5 Å². The Morgan fingerprint density at radius 3 is 2.14 bits per heavy atom. The van der Waals surface area contributed by atoms with Gasteiger partial charge in [0.1, 0.15) is 0 Å². The molecule has 2 aromatic carbocycles. The number of aryl methyl sites for hydroxylation is 1. The van der Waals surface area contributed by atoms with E-state index < -0.39 is 35.1 Å². The molecule has 2 aromatic heterocycles. The summed E-state index contributed by atoms with van der Waals surface area (Å²) in [5, 5.41) is 7.58. The first-order valence-corrected chi connectivity index (χ1v) is 11.1. The number of hydrogen-bond donors (Lipinski definition) is 2. The first kappa shape index (κ1) is 25.2. The van der Waals surface area contributed by atoms with Crippen LogP contribution in [-0.4, -0.2) is 15.9 Å². The van der Waals surface area contributed by atoms with E-state index in [9.17, 15) is 31.1 Å². The van der Waals surface area contributed by atoms with E-state index in [1.807, 2.05) is 5.38 Å². The molecule has 2 heterocycles. The number of hydrogen-bond acceptors (Lipinski definition) is 5. The van der Waals surface area contributed by atoms with Crippen LogP contribution in [0, 0.1) is 6.92 Å². The van der Waals surface area contributed by atoms with Gasteiger partial charge in [0.25, 0.3) is 5.91 Å². The quantitative estimate of drug-likeness (QED) is 0.266. The lowest BCUT2D eigenvalue weighted by Gasteiger charge is -2.15. The van der Waals surface area contributed by atoms with Gasteiger partial charge in [-0.2, -0.15) is 26.3 Å². The van der Waals surface area contributed by atoms with E-state index in [2.05, 4.69) is 20.6 Å². The Labute approximate surface area is 204 Å². The van der Waals surface area contributed by atoms with Gasteiger partial charge in [-0.05, 0) is 55.0 Å². The van der Waals surface area contributed by atoms with Crippen LogP contribution in [0.4, 0.5) is 42.8 Å². The van der Waals surface area contributed by atoms with Gasteiger partial charge in [-0.3, -0.25) is 9.78 Å². The molecule has 2 N–H and O–H groups in total. The minimum absolute atomic E-state index is 0.00218. The predicted octanol–water partition coefficient (Wildman–Crippen LogP) is 7.55. The number of amides is 1. The van der Waals surface area contributed by atoms with Crippen LogP contribution in [0.5, 0.6) is 0 Å². The summed E-state index contributed by atoms with van der Waals surface area (Å²) in [5.74, 6) is -0.873. The van der Waals surface area contributed by atoms with Crippen LogP contribution < -0.4 is 10.6 Å². The molecule has 0 saturated heterocycles. The molecule has 0 atom stereocenters. The number of alkyl halides is 6. The molecule has 0 aliphatic rings. The van der Waals surface area contributed by atoms with Gasteiger partial charge in [0.15, 0.2) is 5.13 Å². The van der Waals surface area contributed by atoms with Crippen molar-refractivity contribution in [3.05, 3.63) is 88.6 Å². The Morgan fingerprint density at radius 1 is 0.889 bits per heavy atom. The molecule has 0 fully saturated rings. The number of anilines is 3. The third-order valence-corrected chi connectivity index (χ3v) is 5.82. The zero-order valence-electron chi connectivity index (χ0n) is 18.3. The third-order valence-electron chi connectivity index (χ3n) is 5.07. The minimum Gasteiger partial charge on any atom is -0.331 e. The van der Waals surface area contributed by atoms with E-state index in [0.29, 0.717) is 28.6 Å². The van der Waals surface area contributed by atoms with Crippen molar-refractivity contribution in [1.29, 1.82) is 0 Å². The second kappa shape index (κ2) is 9.61. The fraction of sp³-hybridized carbons (Fsp3) is 0.125. The van der Waals surface area contributed by atoms with Crippen LogP contribution in [0.2, 0.25) is 0 Å². The van der Waals surface area contributed by atoms with E-state index >= 15 is 0 Å². The molecule has 0 aliphatic heterocycles. The van der Waals surface area contributed by atoms with Crippen LogP contribution in [-0.2, 0) is 12.4 Å². The van der Waals surface area contributed by atoms with Crippen molar-refractivity contribution < 1.29 is 31.1 Å². The van der Waals surface area contributed by atoms with Crippen molar-refractivity contribution in [2.45, 2.75) is 19.3 Å². The number of pyridine rings is 1. The van der Waals surface area contributed by atoms with Crippen LogP contribution in [0.1, 0.15) is 27.0 Å². The van der Waals surface area contributed by atoms with E-state index in [0.717, 1.165) is 11.1 Å². The van der Waals surface area contributed by atoms with Gasteiger partial charge >= 0.3 is 12.4 Å². The minimum atomic E-state index is -5.02. The predicted molar refractivity (Wildman–Crippen MR) is 124 cm³/mol. The zero-order chi connectivity index (χ0) is 26.1. The van der Waals surface area contributed by atoms with Crippen molar-refractivity contribution >= 4 is 33.8 Å². The normalized spacial score (nSPS) is 11.9. The number of aromatic nitrogens is 2. The monoisotopic (exact) mass is 522 g/mol. The van der Waals surface area contributed by atoms with Gasteiger partial charge in [0.2, 0.25) is 0 Å². The number of rotatable bonds is 5. The maximum Gasteiger partial charge on any atom is 0.416 e. The topological polar surface area (TPSA) is 66.9 Å². The Hall–Kier alpha value is -3.93. The molecule has 0 unspecified atom stereocenters. The fourth-order valence-corrected chi connectivity index (χ4v) is 3.96. The molecule has 5 nitrogen and oxygen atoms in total. The standard InChI is InChI=1S/C24H16F6N4OS/c1-13-2-3-15(8-19(13)33-22-34-20(12-36-22)14-4-6-31-7-5-14)21(35)32-18-10-16(23(25,26)27)9-17(11-18)24(28,29)30/h2-12H,1H3,(H,32,35)(H,33,34). The van der Waals surface area contributed by atoms with Gasteiger partial charge in [-0.15, -0.1) is 11.3 Å². The SMILES string of the molecule is Cc1ccc(C(=O)Nc2cc(C(F)(F)F)cc(C(F)(F)F)c2)cc1Nc1nc(-c2ccncc2)cs1. The van der Waals surface area contributed by atoms with E-state index in [1.165, 1.54) is 23.5 Å². The number of nitrogens with one attached hydrogen (secondary N) is 2. The average Bonchev–Trinajstić information content (AvgIpc) is 3.28. The maximum atomic E-state index is 13.1.